The van der Waals surface area contributed by atoms with Gasteiger partial charge in [0.25, 0.3) is 0 Å². The minimum absolute atomic E-state index is 0.212. The summed E-state index contributed by atoms with van der Waals surface area (Å²) >= 11 is 3.34. The predicted molar refractivity (Wildman–Crippen MR) is 68.7 cm³/mol. The number of ether oxygens (including phenoxy) is 1. The molecule has 0 heterocycles. The molecule has 0 spiro atoms. The second kappa shape index (κ2) is 7.06. The van der Waals surface area contributed by atoms with Crippen LogP contribution < -0.4 is 0 Å². The van der Waals surface area contributed by atoms with E-state index in [1.54, 1.807) is 13.8 Å². The minimum Gasteiger partial charge on any atom is -0.461 e. The molecule has 0 aliphatic rings. The summed E-state index contributed by atoms with van der Waals surface area (Å²) in [4.78, 5) is 16.3. The lowest BCUT2D eigenvalue weighted by molar-refractivity contribution is -0.135. The molecule has 0 unspecified atom stereocenters. The van der Waals surface area contributed by atoms with Crippen molar-refractivity contribution in [3.8, 4) is 0 Å². The Morgan fingerprint density at radius 2 is 2.00 bits per heavy atom. The number of benzene rings is 1. The molecule has 0 aliphatic carbocycles. The lowest BCUT2D eigenvalue weighted by Gasteiger charge is -2.02. The van der Waals surface area contributed by atoms with E-state index in [2.05, 4.69) is 21.1 Å². The van der Waals surface area contributed by atoms with E-state index in [-0.39, 0.29) is 5.71 Å². The number of carbonyl (C=O) groups is 1. The zero-order valence-electron chi connectivity index (χ0n) is 9.77. The highest BCUT2D eigenvalue weighted by Gasteiger charge is 2.06. The monoisotopic (exact) mass is 299 g/mol. The van der Waals surface area contributed by atoms with Gasteiger partial charge in [-0.25, -0.2) is 4.79 Å². The van der Waals surface area contributed by atoms with Gasteiger partial charge in [0, 0.05) is 4.47 Å². The summed E-state index contributed by atoms with van der Waals surface area (Å²) in [6.07, 6.45) is 0. The van der Waals surface area contributed by atoms with Crippen LogP contribution in [0.3, 0.4) is 0 Å². The van der Waals surface area contributed by atoms with Crippen LogP contribution in [0.1, 0.15) is 19.4 Å². The van der Waals surface area contributed by atoms with E-state index in [0.717, 1.165) is 10.0 Å². The summed E-state index contributed by atoms with van der Waals surface area (Å²) in [6.45, 7) is 3.95. The zero-order valence-corrected chi connectivity index (χ0v) is 11.4. The second-order valence-electron chi connectivity index (χ2n) is 3.30. The van der Waals surface area contributed by atoms with Crippen LogP contribution in [0.25, 0.3) is 0 Å². The maximum Gasteiger partial charge on any atom is 0.355 e. The number of esters is 1. The van der Waals surface area contributed by atoms with Crippen LogP contribution in [0, 0.1) is 0 Å². The van der Waals surface area contributed by atoms with Crippen LogP contribution in [-0.4, -0.2) is 18.3 Å². The molecule has 0 bridgehead atoms. The zero-order chi connectivity index (χ0) is 12.7. The third kappa shape index (κ3) is 4.99. The van der Waals surface area contributed by atoms with Crippen LogP contribution in [0.2, 0.25) is 0 Å². The highest BCUT2D eigenvalue weighted by Crippen LogP contribution is 2.11. The Kier molecular flexibility index (Phi) is 5.69. The Labute approximate surface area is 109 Å². The summed E-state index contributed by atoms with van der Waals surface area (Å²) in [5.74, 6) is -0.455. The van der Waals surface area contributed by atoms with Crippen molar-refractivity contribution in [3.63, 3.8) is 0 Å². The molecule has 0 aliphatic heterocycles. The molecular weight excluding hydrogens is 286 g/mol. The molecule has 1 aromatic rings. The van der Waals surface area contributed by atoms with Crippen molar-refractivity contribution in [1.29, 1.82) is 0 Å². The van der Waals surface area contributed by atoms with Gasteiger partial charge < -0.3 is 9.57 Å². The number of hydrogen-bond acceptors (Lipinski definition) is 4. The van der Waals surface area contributed by atoms with Crippen molar-refractivity contribution < 1.29 is 14.4 Å². The highest BCUT2D eigenvalue weighted by molar-refractivity contribution is 9.10. The molecule has 92 valence electrons. The summed E-state index contributed by atoms with van der Waals surface area (Å²) in [5, 5.41) is 3.69. The normalized spacial score (nSPS) is 11.1. The van der Waals surface area contributed by atoms with Gasteiger partial charge in [-0.05, 0) is 31.5 Å². The van der Waals surface area contributed by atoms with Gasteiger partial charge in [-0.3, -0.25) is 0 Å². The molecule has 0 N–H and O–H groups in total. The fraction of sp³-hybridized carbons (Fsp3) is 0.333. The lowest BCUT2D eigenvalue weighted by atomic mass is 10.2. The van der Waals surface area contributed by atoms with Gasteiger partial charge in [0.15, 0.2) is 5.71 Å². The SMILES string of the molecule is CCOC(=O)C(C)=NOCc1ccc(Br)cc1. The Balaban J connectivity index is 2.43. The molecule has 5 heteroatoms. The first-order valence-corrected chi connectivity index (χ1v) is 6.01. The van der Waals surface area contributed by atoms with Gasteiger partial charge in [-0.15, -0.1) is 0 Å². The summed E-state index contributed by atoms with van der Waals surface area (Å²) in [5.41, 5.74) is 1.19. The minimum atomic E-state index is -0.455. The van der Waals surface area contributed by atoms with Crippen molar-refractivity contribution >= 4 is 27.6 Å². The largest absolute Gasteiger partial charge is 0.461 e. The number of nitrogens with zero attached hydrogens (tertiary/aromatic N) is 1. The van der Waals surface area contributed by atoms with E-state index >= 15 is 0 Å². The molecule has 1 aromatic carbocycles. The number of halogens is 1. The van der Waals surface area contributed by atoms with Gasteiger partial charge >= 0.3 is 5.97 Å². The van der Waals surface area contributed by atoms with Crippen molar-refractivity contribution in [1.82, 2.24) is 0 Å². The Morgan fingerprint density at radius 1 is 1.35 bits per heavy atom. The molecule has 17 heavy (non-hydrogen) atoms. The maximum absolute atomic E-state index is 11.2. The lowest BCUT2D eigenvalue weighted by Crippen LogP contribution is -2.14. The molecule has 0 amide bonds. The fourth-order valence-corrected chi connectivity index (χ4v) is 1.32. The molecule has 0 fully saturated rings. The predicted octanol–water partition coefficient (Wildman–Crippen LogP) is 2.90. The number of carbonyl (C=O) groups excluding carboxylic acids is 1. The highest BCUT2D eigenvalue weighted by atomic mass is 79.9. The summed E-state index contributed by atoms with van der Waals surface area (Å²) in [6, 6.07) is 7.67. The van der Waals surface area contributed by atoms with Crippen LogP contribution in [0.15, 0.2) is 33.9 Å². The molecule has 4 nitrogen and oxygen atoms in total. The molecule has 0 aromatic heterocycles. The first-order chi connectivity index (χ1) is 8.13. The third-order valence-corrected chi connectivity index (χ3v) is 2.45. The third-order valence-electron chi connectivity index (χ3n) is 1.92. The standard InChI is InChI=1S/C12H14BrNO3/c1-3-16-12(15)9(2)14-17-8-10-4-6-11(13)7-5-10/h4-7H,3,8H2,1-2H3. The van der Waals surface area contributed by atoms with E-state index in [4.69, 9.17) is 9.57 Å². The van der Waals surface area contributed by atoms with Crippen molar-refractivity contribution in [2.45, 2.75) is 20.5 Å². The van der Waals surface area contributed by atoms with E-state index in [1.807, 2.05) is 24.3 Å². The molecule has 0 saturated heterocycles. The van der Waals surface area contributed by atoms with Crippen molar-refractivity contribution in [3.05, 3.63) is 34.3 Å². The van der Waals surface area contributed by atoms with E-state index in [0.29, 0.717) is 13.2 Å². The number of hydrogen-bond donors (Lipinski definition) is 0. The van der Waals surface area contributed by atoms with E-state index < -0.39 is 5.97 Å². The smallest absolute Gasteiger partial charge is 0.355 e. The van der Waals surface area contributed by atoms with Gasteiger partial charge in [0.2, 0.25) is 0 Å². The topological polar surface area (TPSA) is 47.9 Å². The quantitative estimate of drug-likeness (QED) is 0.477. The van der Waals surface area contributed by atoms with Crippen molar-refractivity contribution in [2.24, 2.45) is 5.16 Å². The maximum atomic E-state index is 11.2. The molecular formula is C12H14BrNO3. The van der Waals surface area contributed by atoms with Crippen LogP contribution in [0.4, 0.5) is 0 Å². The van der Waals surface area contributed by atoms with Crippen LogP contribution >= 0.6 is 15.9 Å². The van der Waals surface area contributed by atoms with Crippen molar-refractivity contribution in [2.75, 3.05) is 6.61 Å². The van der Waals surface area contributed by atoms with Gasteiger partial charge in [-0.1, -0.05) is 33.2 Å². The average Bonchev–Trinajstić information content (AvgIpc) is 2.32. The Hall–Kier alpha value is -1.36. The first kappa shape index (κ1) is 13.7. The summed E-state index contributed by atoms with van der Waals surface area (Å²) in [7, 11) is 0. The molecule has 1 rings (SSSR count). The summed E-state index contributed by atoms with van der Waals surface area (Å²) < 4.78 is 5.77. The van der Waals surface area contributed by atoms with Gasteiger partial charge in [0.1, 0.15) is 6.61 Å². The van der Waals surface area contributed by atoms with Gasteiger partial charge in [-0.2, -0.15) is 0 Å². The fourth-order valence-electron chi connectivity index (χ4n) is 1.06. The Bertz CT molecular complexity index is 401. The molecule has 0 radical (unpaired) electrons. The van der Waals surface area contributed by atoms with E-state index in [1.165, 1.54) is 0 Å². The molecule has 0 saturated carbocycles. The number of oxime groups is 1. The van der Waals surface area contributed by atoms with E-state index in [9.17, 15) is 4.79 Å². The first-order valence-electron chi connectivity index (χ1n) is 5.21. The number of rotatable bonds is 5. The van der Waals surface area contributed by atoms with Crippen LogP contribution in [-0.2, 0) is 21.0 Å². The second-order valence-corrected chi connectivity index (χ2v) is 4.21. The van der Waals surface area contributed by atoms with Gasteiger partial charge in [0.05, 0.1) is 6.61 Å². The molecule has 0 atom stereocenters. The Morgan fingerprint density at radius 3 is 2.59 bits per heavy atom. The van der Waals surface area contributed by atoms with Crippen LogP contribution in [0.5, 0.6) is 0 Å². The average molecular weight is 300 g/mol.